The van der Waals surface area contributed by atoms with Gasteiger partial charge in [-0.2, -0.15) is 0 Å². The van der Waals surface area contributed by atoms with Gasteiger partial charge >= 0.3 is 0 Å². The number of hydrogen-bond donors (Lipinski definition) is 0. The average molecular weight is 402 g/mol. The first-order valence-corrected chi connectivity index (χ1v) is 8.71. The van der Waals surface area contributed by atoms with Gasteiger partial charge in [0, 0.05) is 9.37 Å². The Balaban J connectivity index is 2.41. The summed E-state index contributed by atoms with van der Waals surface area (Å²) >= 11 is 9.18. The van der Waals surface area contributed by atoms with E-state index >= 15 is 0 Å². The summed E-state index contributed by atoms with van der Waals surface area (Å²) in [5.74, 6) is 0.855. The van der Waals surface area contributed by atoms with Crippen molar-refractivity contribution in [2.24, 2.45) is 0 Å². The number of halogens is 2. The lowest BCUT2D eigenvalue weighted by molar-refractivity contribution is 0.414. The number of benzene rings is 2. The predicted octanol–water partition coefficient (Wildman–Crippen LogP) is 5.66. The normalized spacial score (nSPS) is 12.2. The minimum Gasteiger partial charge on any atom is -0.497 e. The van der Waals surface area contributed by atoms with Crippen LogP contribution in [0.1, 0.15) is 16.0 Å². The monoisotopic (exact) mass is 400 g/mol. The third kappa shape index (κ3) is 3.36. The van der Waals surface area contributed by atoms with Crippen LogP contribution in [0.25, 0.3) is 0 Å². The zero-order chi connectivity index (χ0) is 13.8. The maximum atomic E-state index is 5.23. The number of alkyl halides is 1. The molecular formula is C15H14Br2OS. The highest BCUT2D eigenvalue weighted by molar-refractivity contribution is 9.11. The van der Waals surface area contributed by atoms with Gasteiger partial charge in [-0.1, -0.05) is 56.1 Å². The van der Waals surface area contributed by atoms with Crippen LogP contribution in [-0.2, 0) is 0 Å². The van der Waals surface area contributed by atoms with Crippen LogP contribution < -0.4 is 4.74 Å². The summed E-state index contributed by atoms with van der Waals surface area (Å²) in [5.41, 5.74) is 2.48. The molecular weight excluding hydrogens is 388 g/mol. The molecule has 1 atom stereocenters. The first kappa shape index (κ1) is 14.9. The first-order chi connectivity index (χ1) is 9.17. The fourth-order valence-corrected chi connectivity index (χ4v) is 4.36. The summed E-state index contributed by atoms with van der Waals surface area (Å²) < 4.78 is 6.28. The van der Waals surface area contributed by atoms with Crippen molar-refractivity contribution in [3.05, 3.63) is 58.1 Å². The van der Waals surface area contributed by atoms with Crippen LogP contribution in [0.3, 0.4) is 0 Å². The summed E-state index contributed by atoms with van der Waals surface area (Å²) in [5, 5.41) is 0. The quantitative estimate of drug-likeness (QED) is 0.482. The summed E-state index contributed by atoms with van der Waals surface area (Å²) in [7, 11) is 1.68. The van der Waals surface area contributed by atoms with Crippen LogP contribution >= 0.6 is 43.6 Å². The van der Waals surface area contributed by atoms with Crippen molar-refractivity contribution < 1.29 is 4.74 Å². The van der Waals surface area contributed by atoms with E-state index in [4.69, 9.17) is 4.74 Å². The van der Waals surface area contributed by atoms with Crippen molar-refractivity contribution in [2.75, 3.05) is 13.4 Å². The fraction of sp³-hybridized carbons (Fsp3) is 0.200. The maximum Gasteiger partial charge on any atom is 0.120 e. The molecule has 2 rings (SSSR count). The number of hydrogen-bond acceptors (Lipinski definition) is 2. The Morgan fingerprint density at radius 1 is 1.11 bits per heavy atom. The van der Waals surface area contributed by atoms with Gasteiger partial charge in [-0.25, -0.2) is 0 Å². The molecule has 4 heteroatoms. The molecule has 0 fully saturated rings. The molecule has 1 unspecified atom stereocenters. The van der Waals surface area contributed by atoms with Crippen molar-refractivity contribution >= 4 is 43.6 Å². The second-order valence-electron chi connectivity index (χ2n) is 3.99. The molecule has 0 aliphatic heterocycles. The third-order valence-corrected chi connectivity index (χ3v) is 5.38. The van der Waals surface area contributed by atoms with Crippen molar-refractivity contribution in [3.8, 4) is 5.75 Å². The van der Waals surface area contributed by atoms with Gasteiger partial charge in [0.05, 0.1) is 11.9 Å². The van der Waals surface area contributed by atoms with Gasteiger partial charge in [-0.05, 0) is 35.6 Å². The molecule has 0 aliphatic rings. The molecule has 0 amide bonds. The van der Waals surface area contributed by atoms with E-state index in [1.807, 2.05) is 12.1 Å². The summed E-state index contributed by atoms with van der Waals surface area (Å²) in [4.78, 5) is 1.45. The van der Waals surface area contributed by atoms with E-state index in [-0.39, 0.29) is 4.83 Å². The Labute approximate surface area is 135 Å². The van der Waals surface area contributed by atoms with Gasteiger partial charge in [-0.15, -0.1) is 11.8 Å². The zero-order valence-electron chi connectivity index (χ0n) is 10.7. The molecule has 100 valence electrons. The fourth-order valence-electron chi connectivity index (χ4n) is 1.88. The lowest BCUT2D eigenvalue weighted by Crippen LogP contribution is -1.96. The molecule has 1 nitrogen and oxygen atoms in total. The molecule has 0 aromatic heterocycles. The highest BCUT2D eigenvalue weighted by Gasteiger charge is 2.16. The topological polar surface area (TPSA) is 9.23 Å². The highest BCUT2D eigenvalue weighted by atomic mass is 79.9. The Morgan fingerprint density at radius 3 is 2.47 bits per heavy atom. The van der Waals surface area contributed by atoms with Gasteiger partial charge < -0.3 is 4.74 Å². The summed E-state index contributed by atoms with van der Waals surface area (Å²) in [6, 6.07) is 14.5. The maximum absolute atomic E-state index is 5.23. The SMILES string of the molecule is COc1ccc(C(Br)c2ccccc2SC)c(Br)c1. The first-order valence-electron chi connectivity index (χ1n) is 5.77. The van der Waals surface area contributed by atoms with Gasteiger partial charge in [0.2, 0.25) is 0 Å². The van der Waals surface area contributed by atoms with Crippen molar-refractivity contribution in [1.29, 1.82) is 0 Å². The average Bonchev–Trinajstić information content (AvgIpc) is 2.46. The number of methoxy groups -OCH3 is 1. The molecule has 19 heavy (non-hydrogen) atoms. The molecule has 0 spiro atoms. The van der Waals surface area contributed by atoms with Gasteiger partial charge in [0.1, 0.15) is 5.75 Å². The third-order valence-electron chi connectivity index (χ3n) is 2.89. The second-order valence-corrected chi connectivity index (χ2v) is 6.61. The Bertz CT molecular complexity index is 572. The zero-order valence-corrected chi connectivity index (χ0v) is 14.7. The molecule has 0 aliphatic carbocycles. The minimum absolute atomic E-state index is 0.163. The Hall–Kier alpha value is -0.450. The highest BCUT2D eigenvalue weighted by Crippen LogP contribution is 2.40. The molecule has 0 bridgehead atoms. The van der Waals surface area contributed by atoms with Crippen molar-refractivity contribution in [3.63, 3.8) is 0 Å². The largest absolute Gasteiger partial charge is 0.497 e. The summed E-state index contributed by atoms with van der Waals surface area (Å²) in [6.45, 7) is 0. The van der Waals surface area contributed by atoms with E-state index < -0.39 is 0 Å². The van der Waals surface area contributed by atoms with Gasteiger partial charge in [0.15, 0.2) is 0 Å². The van der Waals surface area contributed by atoms with Crippen molar-refractivity contribution in [1.82, 2.24) is 0 Å². The molecule has 2 aromatic carbocycles. The standard InChI is InChI=1S/C15H14Br2OS/c1-18-10-7-8-11(13(16)9-10)15(17)12-5-3-4-6-14(12)19-2/h3-9,15H,1-2H3. The predicted molar refractivity (Wildman–Crippen MR) is 89.7 cm³/mol. The molecule has 0 N–H and O–H groups in total. The second kappa shape index (κ2) is 6.82. The van der Waals surface area contributed by atoms with E-state index in [2.05, 4.69) is 68.4 Å². The van der Waals surface area contributed by atoms with E-state index in [0.717, 1.165) is 10.2 Å². The number of rotatable bonds is 4. The van der Waals surface area contributed by atoms with Gasteiger partial charge in [0.25, 0.3) is 0 Å². The summed E-state index contributed by atoms with van der Waals surface area (Å²) in [6.07, 6.45) is 2.10. The Morgan fingerprint density at radius 2 is 1.84 bits per heavy atom. The number of thioether (sulfide) groups is 1. The smallest absolute Gasteiger partial charge is 0.120 e. The van der Waals surface area contributed by atoms with E-state index in [1.165, 1.54) is 16.0 Å². The molecule has 0 saturated carbocycles. The van der Waals surface area contributed by atoms with Crippen LogP contribution in [0.15, 0.2) is 51.8 Å². The van der Waals surface area contributed by atoms with E-state index in [9.17, 15) is 0 Å². The minimum atomic E-state index is 0.163. The van der Waals surface area contributed by atoms with Crippen LogP contribution in [0, 0.1) is 0 Å². The van der Waals surface area contributed by atoms with Crippen LogP contribution in [0.5, 0.6) is 5.75 Å². The van der Waals surface area contributed by atoms with Crippen LogP contribution in [0.4, 0.5) is 0 Å². The lowest BCUT2D eigenvalue weighted by Gasteiger charge is -2.16. The molecule has 0 heterocycles. The van der Waals surface area contributed by atoms with Crippen molar-refractivity contribution in [2.45, 2.75) is 9.72 Å². The molecule has 0 saturated heterocycles. The van der Waals surface area contributed by atoms with Gasteiger partial charge in [-0.3, -0.25) is 0 Å². The number of ether oxygens (including phenoxy) is 1. The molecule has 0 radical (unpaired) electrons. The molecule has 2 aromatic rings. The van der Waals surface area contributed by atoms with Crippen LogP contribution in [0.2, 0.25) is 0 Å². The van der Waals surface area contributed by atoms with Crippen LogP contribution in [-0.4, -0.2) is 13.4 Å². The van der Waals surface area contributed by atoms with E-state index in [0.29, 0.717) is 0 Å². The van der Waals surface area contributed by atoms with E-state index in [1.54, 1.807) is 18.9 Å². The Kier molecular flexibility index (Phi) is 5.37. The lowest BCUT2D eigenvalue weighted by atomic mass is 10.0.